The van der Waals surface area contributed by atoms with E-state index >= 15 is 0 Å². The fourth-order valence-corrected chi connectivity index (χ4v) is 3.02. The number of hydrogen-bond donors (Lipinski definition) is 1. The van der Waals surface area contributed by atoms with E-state index in [1.807, 2.05) is 19.1 Å². The lowest BCUT2D eigenvalue weighted by Gasteiger charge is -2.32. The van der Waals surface area contributed by atoms with E-state index < -0.39 is 5.97 Å². The average Bonchev–Trinajstić information content (AvgIpc) is 2.45. The number of carboxylic acid groups (broad SMARTS) is 1. The summed E-state index contributed by atoms with van der Waals surface area (Å²) in [6.45, 7) is 10.4. The van der Waals surface area contributed by atoms with E-state index in [4.69, 9.17) is 10.4 Å². The third-order valence-corrected chi connectivity index (χ3v) is 4.45. The van der Waals surface area contributed by atoms with E-state index in [-0.39, 0.29) is 5.41 Å². The zero-order valence-electron chi connectivity index (χ0n) is 15.3. The van der Waals surface area contributed by atoms with Gasteiger partial charge in [-0.25, -0.2) is 4.79 Å². The van der Waals surface area contributed by atoms with Crippen molar-refractivity contribution in [2.45, 2.75) is 53.9 Å². The Morgan fingerprint density at radius 2 is 1.96 bits per heavy atom. The molecule has 1 N–H and O–H groups in total. The summed E-state index contributed by atoms with van der Waals surface area (Å²) in [5.41, 5.74) is 4.88. The Kier molecular flexibility index (Phi) is 6.97. The van der Waals surface area contributed by atoms with Crippen LogP contribution in [0, 0.1) is 16.7 Å². The summed E-state index contributed by atoms with van der Waals surface area (Å²) < 4.78 is 0. The van der Waals surface area contributed by atoms with Crippen LogP contribution in [0.3, 0.4) is 0 Å². The van der Waals surface area contributed by atoms with Crippen molar-refractivity contribution < 1.29 is 9.90 Å². The van der Waals surface area contributed by atoms with E-state index in [1.54, 1.807) is 13.0 Å². The summed E-state index contributed by atoms with van der Waals surface area (Å²) in [5, 5.41) is 17.9. The van der Waals surface area contributed by atoms with Gasteiger partial charge in [-0.2, -0.15) is 5.26 Å². The molecule has 0 saturated heterocycles. The molecule has 128 valence electrons. The summed E-state index contributed by atoms with van der Waals surface area (Å²) in [7, 11) is 0. The maximum Gasteiger partial charge on any atom is 0.328 e. The van der Waals surface area contributed by atoms with Crippen molar-refractivity contribution in [3.8, 4) is 6.07 Å². The summed E-state index contributed by atoms with van der Waals surface area (Å²) in [5.74, 6) is -1.05. The van der Waals surface area contributed by atoms with Gasteiger partial charge >= 0.3 is 5.97 Å². The van der Waals surface area contributed by atoms with Gasteiger partial charge in [-0.15, -0.1) is 0 Å². The number of rotatable bonds is 5. The molecule has 0 aromatic carbocycles. The van der Waals surface area contributed by atoms with Crippen LogP contribution < -0.4 is 0 Å². The van der Waals surface area contributed by atoms with Gasteiger partial charge in [0.2, 0.25) is 0 Å². The number of hydrogen-bond acceptors (Lipinski definition) is 2. The topological polar surface area (TPSA) is 61.1 Å². The Balaban J connectivity index is 3.00. The lowest BCUT2D eigenvalue weighted by Crippen LogP contribution is -2.19. The standard InChI is InChI=1S/C21H27NO2/c1-15(8-10-18(14-22)17(3)13-20(23)24)9-11-19-16(2)7-6-12-21(19,4)5/h8-11,13H,6-7,12H2,1-5H3,(H,23,24)/b11-9+,15-8+,17-13+,18-10+. The highest BCUT2D eigenvalue weighted by atomic mass is 16.4. The first-order valence-electron chi connectivity index (χ1n) is 8.26. The number of nitriles is 1. The van der Waals surface area contributed by atoms with Gasteiger partial charge in [-0.3, -0.25) is 0 Å². The van der Waals surface area contributed by atoms with Crippen LogP contribution in [0.2, 0.25) is 0 Å². The first kappa shape index (κ1) is 19.7. The van der Waals surface area contributed by atoms with Crippen LogP contribution in [-0.2, 0) is 4.79 Å². The fourth-order valence-electron chi connectivity index (χ4n) is 3.02. The lowest BCUT2D eigenvalue weighted by atomic mass is 9.72. The number of allylic oxidation sites excluding steroid dienone is 9. The summed E-state index contributed by atoms with van der Waals surface area (Å²) >= 11 is 0. The van der Waals surface area contributed by atoms with Gasteiger partial charge in [0.15, 0.2) is 0 Å². The van der Waals surface area contributed by atoms with E-state index in [2.05, 4.69) is 32.9 Å². The van der Waals surface area contributed by atoms with Crippen LogP contribution in [0.4, 0.5) is 0 Å². The van der Waals surface area contributed by atoms with Gasteiger partial charge in [0, 0.05) is 6.08 Å². The second kappa shape index (κ2) is 8.49. The van der Waals surface area contributed by atoms with Crippen LogP contribution in [0.5, 0.6) is 0 Å². The molecule has 0 heterocycles. The Labute approximate surface area is 145 Å². The summed E-state index contributed by atoms with van der Waals surface area (Å²) in [6.07, 6.45) is 12.4. The number of aliphatic carboxylic acids is 1. The molecule has 0 atom stereocenters. The van der Waals surface area contributed by atoms with Gasteiger partial charge in [0.05, 0.1) is 11.6 Å². The van der Waals surface area contributed by atoms with Gasteiger partial charge < -0.3 is 5.11 Å². The molecule has 1 aliphatic rings. The Bertz CT molecular complexity index is 692. The SMILES string of the molecule is CC1=C(/C=C/C(C)=C/C=C(C#N)/C(C)=C/C(=O)O)C(C)(C)CCC1. The molecule has 0 radical (unpaired) electrons. The first-order chi connectivity index (χ1) is 11.2. The highest BCUT2D eigenvalue weighted by molar-refractivity contribution is 5.82. The molecule has 0 aromatic rings. The normalized spacial score (nSPS) is 19.6. The van der Waals surface area contributed by atoms with Crippen molar-refractivity contribution in [1.29, 1.82) is 5.26 Å². The van der Waals surface area contributed by atoms with Crippen molar-refractivity contribution in [1.82, 2.24) is 0 Å². The Morgan fingerprint density at radius 1 is 1.29 bits per heavy atom. The molecule has 3 heteroatoms. The van der Waals surface area contributed by atoms with Crippen molar-refractivity contribution in [2.75, 3.05) is 0 Å². The fraction of sp³-hybridized carbons (Fsp3) is 0.429. The molecule has 24 heavy (non-hydrogen) atoms. The number of carboxylic acids is 1. The van der Waals surface area contributed by atoms with Gasteiger partial charge in [-0.05, 0) is 62.7 Å². The van der Waals surface area contributed by atoms with E-state index in [0.717, 1.165) is 18.1 Å². The van der Waals surface area contributed by atoms with Crippen LogP contribution in [-0.4, -0.2) is 11.1 Å². The maximum atomic E-state index is 10.7. The van der Waals surface area contributed by atoms with Crippen molar-refractivity contribution in [3.05, 3.63) is 58.2 Å². The van der Waals surface area contributed by atoms with Crippen LogP contribution >= 0.6 is 0 Å². The van der Waals surface area contributed by atoms with Crippen molar-refractivity contribution in [3.63, 3.8) is 0 Å². The molecule has 0 amide bonds. The summed E-state index contributed by atoms with van der Waals surface area (Å²) in [6, 6.07) is 2.04. The van der Waals surface area contributed by atoms with Crippen LogP contribution in [0.15, 0.2) is 58.2 Å². The number of carbonyl (C=O) groups is 1. The lowest BCUT2D eigenvalue weighted by molar-refractivity contribution is -0.131. The Hall–Kier alpha value is -2.34. The maximum absolute atomic E-state index is 10.7. The quantitative estimate of drug-likeness (QED) is 0.412. The van der Waals surface area contributed by atoms with Crippen LogP contribution in [0.25, 0.3) is 0 Å². The molecule has 0 bridgehead atoms. The molecule has 0 aliphatic heterocycles. The predicted octanol–water partition coefficient (Wildman–Crippen LogP) is 5.50. The number of nitrogens with zero attached hydrogens (tertiary/aromatic N) is 1. The molecule has 1 aliphatic carbocycles. The molecule has 0 saturated carbocycles. The largest absolute Gasteiger partial charge is 0.478 e. The van der Waals surface area contributed by atoms with Gasteiger partial charge in [0.1, 0.15) is 0 Å². The minimum atomic E-state index is -1.05. The zero-order chi connectivity index (χ0) is 18.3. The molecule has 1 rings (SSSR count). The van der Waals surface area contributed by atoms with Crippen molar-refractivity contribution in [2.24, 2.45) is 5.41 Å². The third kappa shape index (κ3) is 5.70. The molecular formula is C21H27NO2. The smallest absolute Gasteiger partial charge is 0.328 e. The van der Waals surface area contributed by atoms with E-state index in [1.165, 1.54) is 24.0 Å². The van der Waals surface area contributed by atoms with E-state index in [0.29, 0.717) is 11.1 Å². The minimum absolute atomic E-state index is 0.202. The zero-order valence-corrected chi connectivity index (χ0v) is 15.3. The van der Waals surface area contributed by atoms with E-state index in [9.17, 15) is 4.79 Å². The monoisotopic (exact) mass is 325 g/mol. The average molecular weight is 325 g/mol. The minimum Gasteiger partial charge on any atom is -0.478 e. The molecule has 0 spiro atoms. The highest BCUT2D eigenvalue weighted by Gasteiger charge is 2.26. The second-order valence-corrected chi connectivity index (χ2v) is 7.03. The van der Waals surface area contributed by atoms with Gasteiger partial charge in [0.25, 0.3) is 0 Å². The van der Waals surface area contributed by atoms with Gasteiger partial charge in [-0.1, -0.05) is 43.2 Å². The highest BCUT2D eigenvalue weighted by Crippen LogP contribution is 2.40. The predicted molar refractivity (Wildman–Crippen MR) is 98.3 cm³/mol. The molecule has 0 fully saturated rings. The van der Waals surface area contributed by atoms with Crippen molar-refractivity contribution >= 4 is 5.97 Å². The first-order valence-corrected chi connectivity index (χ1v) is 8.26. The second-order valence-electron chi connectivity index (χ2n) is 7.03. The molecular weight excluding hydrogens is 298 g/mol. The molecule has 3 nitrogen and oxygen atoms in total. The molecule has 0 unspecified atom stereocenters. The third-order valence-electron chi connectivity index (χ3n) is 4.45. The summed E-state index contributed by atoms with van der Waals surface area (Å²) in [4.78, 5) is 10.7. The molecule has 0 aromatic heterocycles. The Morgan fingerprint density at radius 3 is 2.50 bits per heavy atom. The van der Waals surface area contributed by atoms with Crippen LogP contribution in [0.1, 0.15) is 53.9 Å².